The van der Waals surface area contributed by atoms with Crippen LogP contribution in [0.2, 0.25) is 0 Å². The minimum absolute atomic E-state index is 0.0614. The lowest BCUT2D eigenvalue weighted by Crippen LogP contribution is -2.23. The van der Waals surface area contributed by atoms with Gasteiger partial charge in [-0.1, -0.05) is 18.2 Å². The van der Waals surface area contributed by atoms with Crippen molar-refractivity contribution in [3.05, 3.63) is 70.5 Å². The van der Waals surface area contributed by atoms with Crippen molar-refractivity contribution in [1.82, 2.24) is 14.8 Å². The van der Waals surface area contributed by atoms with Crippen molar-refractivity contribution >= 4 is 21.9 Å². The van der Waals surface area contributed by atoms with E-state index in [1.807, 2.05) is 6.07 Å². The van der Waals surface area contributed by atoms with E-state index in [9.17, 15) is 13.6 Å². The summed E-state index contributed by atoms with van der Waals surface area (Å²) < 4.78 is 33.3. The van der Waals surface area contributed by atoms with E-state index < -0.39 is 11.6 Å². The van der Waals surface area contributed by atoms with Crippen LogP contribution in [0.25, 0.3) is 21.9 Å². The number of hydrogen-bond donors (Lipinski definition) is 0. The minimum Gasteiger partial charge on any atom is -0.436 e. The van der Waals surface area contributed by atoms with E-state index in [0.29, 0.717) is 5.39 Å². The third-order valence-electron chi connectivity index (χ3n) is 3.50. The Morgan fingerprint density at radius 1 is 1.17 bits per heavy atom. The van der Waals surface area contributed by atoms with Crippen LogP contribution in [0.15, 0.2) is 51.8 Å². The molecule has 0 aliphatic rings. The van der Waals surface area contributed by atoms with Crippen molar-refractivity contribution in [2.24, 2.45) is 0 Å². The quantitative estimate of drug-likeness (QED) is 0.571. The second-order valence-corrected chi connectivity index (χ2v) is 5.04. The van der Waals surface area contributed by atoms with Gasteiger partial charge in [-0.3, -0.25) is 4.79 Å². The zero-order valence-corrected chi connectivity index (χ0v) is 11.7. The molecule has 0 aliphatic carbocycles. The summed E-state index contributed by atoms with van der Waals surface area (Å²) in [7, 11) is 0. The summed E-state index contributed by atoms with van der Waals surface area (Å²) in [4.78, 5) is 16.4. The summed E-state index contributed by atoms with van der Waals surface area (Å²) in [6, 6.07) is 8.83. The fourth-order valence-corrected chi connectivity index (χ4v) is 2.44. The fourth-order valence-electron chi connectivity index (χ4n) is 2.44. The van der Waals surface area contributed by atoms with Crippen molar-refractivity contribution in [3.63, 3.8) is 0 Å². The average Bonchev–Trinajstić information content (AvgIpc) is 2.93. The molecule has 4 rings (SSSR count). The second-order valence-electron chi connectivity index (χ2n) is 5.04. The van der Waals surface area contributed by atoms with Gasteiger partial charge in [0.05, 0.1) is 11.6 Å². The van der Waals surface area contributed by atoms with Gasteiger partial charge in [-0.2, -0.15) is 5.10 Å². The predicted octanol–water partition coefficient (Wildman–Crippen LogP) is 2.86. The van der Waals surface area contributed by atoms with Gasteiger partial charge in [-0.15, -0.1) is 0 Å². The summed E-state index contributed by atoms with van der Waals surface area (Å²) in [5.74, 6) is -1.50. The molecule has 0 fully saturated rings. The molecule has 2 aromatic heterocycles. The molecule has 0 bridgehead atoms. The van der Waals surface area contributed by atoms with Crippen LogP contribution >= 0.6 is 0 Å². The normalized spacial score (nSPS) is 11.4. The molecule has 0 aliphatic heterocycles. The van der Waals surface area contributed by atoms with E-state index in [4.69, 9.17) is 4.42 Å². The molecule has 0 N–H and O–H groups in total. The van der Waals surface area contributed by atoms with E-state index >= 15 is 0 Å². The topological polar surface area (TPSA) is 60.9 Å². The molecule has 0 saturated carbocycles. The fraction of sp³-hybridized carbons (Fsp3) is 0.0625. The Balaban J connectivity index is 1.80. The van der Waals surface area contributed by atoms with Crippen molar-refractivity contribution in [2.45, 2.75) is 6.54 Å². The van der Waals surface area contributed by atoms with Crippen LogP contribution in [-0.4, -0.2) is 14.8 Å². The highest BCUT2D eigenvalue weighted by Gasteiger charge is 2.14. The molecule has 0 atom stereocenters. The zero-order valence-electron chi connectivity index (χ0n) is 11.7. The molecule has 0 spiro atoms. The van der Waals surface area contributed by atoms with Gasteiger partial charge in [-0.05, 0) is 6.07 Å². The molecular weight excluding hydrogens is 304 g/mol. The van der Waals surface area contributed by atoms with Crippen molar-refractivity contribution in [3.8, 4) is 0 Å². The third-order valence-corrected chi connectivity index (χ3v) is 3.50. The van der Waals surface area contributed by atoms with E-state index in [0.717, 1.165) is 17.5 Å². The summed E-state index contributed by atoms with van der Waals surface area (Å²) in [5.41, 5.74) is -0.390. The minimum atomic E-state index is -0.836. The van der Waals surface area contributed by atoms with Gasteiger partial charge in [-0.25, -0.2) is 18.4 Å². The molecule has 7 heteroatoms. The Bertz CT molecular complexity index is 1100. The van der Waals surface area contributed by atoms with Crippen LogP contribution in [0.1, 0.15) is 5.89 Å². The van der Waals surface area contributed by atoms with Crippen molar-refractivity contribution in [2.75, 3.05) is 0 Å². The third kappa shape index (κ3) is 2.26. The number of oxazole rings is 1. The van der Waals surface area contributed by atoms with Gasteiger partial charge in [0.15, 0.2) is 11.4 Å². The van der Waals surface area contributed by atoms with Gasteiger partial charge in [0.1, 0.15) is 17.9 Å². The summed E-state index contributed by atoms with van der Waals surface area (Å²) in [5, 5.41) is 5.28. The van der Waals surface area contributed by atoms with Crippen LogP contribution in [0.4, 0.5) is 8.78 Å². The predicted molar refractivity (Wildman–Crippen MR) is 79.0 cm³/mol. The van der Waals surface area contributed by atoms with Crippen LogP contribution in [0.3, 0.4) is 0 Å². The van der Waals surface area contributed by atoms with Gasteiger partial charge in [0, 0.05) is 17.5 Å². The monoisotopic (exact) mass is 313 g/mol. The van der Waals surface area contributed by atoms with Gasteiger partial charge < -0.3 is 4.42 Å². The largest absolute Gasteiger partial charge is 0.436 e. The summed E-state index contributed by atoms with van der Waals surface area (Å²) in [6.07, 6.45) is 1.56. The molecule has 114 valence electrons. The van der Waals surface area contributed by atoms with E-state index in [1.54, 1.807) is 24.4 Å². The maximum absolute atomic E-state index is 13.6. The number of rotatable bonds is 2. The number of nitrogens with zero attached hydrogens (tertiary/aromatic N) is 3. The van der Waals surface area contributed by atoms with Crippen LogP contribution in [-0.2, 0) is 6.54 Å². The van der Waals surface area contributed by atoms with E-state index in [-0.39, 0.29) is 29.1 Å². The Labute approximate surface area is 127 Å². The maximum Gasteiger partial charge on any atom is 0.275 e. The smallest absolute Gasteiger partial charge is 0.275 e. The molecule has 4 aromatic rings. The van der Waals surface area contributed by atoms with Gasteiger partial charge >= 0.3 is 0 Å². The van der Waals surface area contributed by atoms with E-state index in [2.05, 4.69) is 10.1 Å². The average molecular weight is 313 g/mol. The highest BCUT2D eigenvalue weighted by Crippen LogP contribution is 2.20. The van der Waals surface area contributed by atoms with Crippen molar-refractivity contribution < 1.29 is 13.2 Å². The number of benzene rings is 2. The molecule has 5 nitrogen and oxygen atoms in total. The lowest BCUT2D eigenvalue weighted by atomic mass is 10.2. The van der Waals surface area contributed by atoms with Gasteiger partial charge in [0.25, 0.3) is 5.56 Å². The maximum atomic E-state index is 13.6. The first kappa shape index (κ1) is 13.6. The first-order valence-electron chi connectivity index (χ1n) is 6.81. The molecule has 0 radical (unpaired) electrons. The first-order valence-corrected chi connectivity index (χ1v) is 6.81. The highest BCUT2D eigenvalue weighted by molar-refractivity contribution is 5.80. The molecule has 23 heavy (non-hydrogen) atoms. The molecular formula is C16H9F2N3O2. The highest BCUT2D eigenvalue weighted by atomic mass is 19.1. The Morgan fingerprint density at radius 3 is 2.87 bits per heavy atom. The number of hydrogen-bond acceptors (Lipinski definition) is 4. The lowest BCUT2D eigenvalue weighted by Gasteiger charge is -2.02. The summed E-state index contributed by atoms with van der Waals surface area (Å²) in [6.45, 7) is -0.0700. The zero-order chi connectivity index (χ0) is 16.0. The number of fused-ring (bicyclic) bond motifs is 2. The van der Waals surface area contributed by atoms with Crippen LogP contribution in [0, 0.1) is 11.6 Å². The Kier molecular flexibility index (Phi) is 2.94. The molecule has 0 unspecified atom stereocenters. The molecule has 2 heterocycles. The molecule has 0 amide bonds. The van der Waals surface area contributed by atoms with Gasteiger partial charge in [0.2, 0.25) is 5.89 Å². The Morgan fingerprint density at radius 2 is 2.00 bits per heavy atom. The van der Waals surface area contributed by atoms with Crippen molar-refractivity contribution in [1.29, 1.82) is 0 Å². The standard InChI is InChI=1S/C16H9F2N3O2/c17-10-5-12(18)15-13(6-10)20-14(23-15)8-21-16(22)11-4-2-1-3-9(11)7-19-21/h1-7H,8H2. The lowest BCUT2D eigenvalue weighted by molar-refractivity contribution is 0.469. The second kappa shape index (κ2) is 4.98. The SMILES string of the molecule is O=c1c2ccccc2cnn1Cc1nc2cc(F)cc(F)c2o1. The first-order chi connectivity index (χ1) is 11.1. The summed E-state index contributed by atoms with van der Waals surface area (Å²) >= 11 is 0. The van der Waals surface area contributed by atoms with Crippen LogP contribution in [0.5, 0.6) is 0 Å². The Hall–Kier alpha value is -3.09. The number of aromatic nitrogens is 3. The molecule has 2 aromatic carbocycles. The van der Waals surface area contributed by atoms with E-state index in [1.165, 1.54) is 4.68 Å². The molecule has 0 saturated heterocycles. The van der Waals surface area contributed by atoms with Crippen LogP contribution < -0.4 is 5.56 Å². The number of halogens is 2.